The average Bonchev–Trinajstić information content (AvgIpc) is 2.74. The summed E-state index contributed by atoms with van der Waals surface area (Å²) < 4.78 is 5.56. The van der Waals surface area contributed by atoms with E-state index in [0.717, 1.165) is 18.8 Å². The van der Waals surface area contributed by atoms with Crippen molar-refractivity contribution in [3.8, 4) is 5.75 Å². The van der Waals surface area contributed by atoms with Gasteiger partial charge in [-0.1, -0.05) is 18.9 Å². The van der Waals surface area contributed by atoms with Crippen molar-refractivity contribution in [2.75, 3.05) is 32.1 Å². The van der Waals surface area contributed by atoms with Crippen LogP contribution in [0.3, 0.4) is 0 Å². The van der Waals surface area contributed by atoms with Gasteiger partial charge < -0.3 is 15.0 Å². The van der Waals surface area contributed by atoms with E-state index in [-0.39, 0.29) is 0 Å². The van der Waals surface area contributed by atoms with E-state index in [9.17, 15) is 0 Å². The summed E-state index contributed by atoms with van der Waals surface area (Å²) in [6.07, 6.45) is 5.31. The molecule has 3 nitrogen and oxygen atoms in total. The summed E-state index contributed by atoms with van der Waals surface area (Å²) >= 11 is 0. The molecule has 0 aromatic heterocycles. The third-order valence-electron chi connectivity index (χ3n) is 4.08. The first kappa shape index (κ1) is 14.2. The van der Waals surface area contributed by atoms with Crippen LogP contribution in [0.25, 0.3) is 0 Å². The first-order valence-electron chi connectivity index (χ1n) is 7.37. The first-order chi connectivity index (χ1) is 9.27. The number of ether oxygens (including phenoxy) is 1. The van der Waals surface area contributed by atoms with Crippen molar-refractivity contribution < 1.29 is 4.74 Å². The molecule has 1 fully saturated rings. The topological polar surface area (TPSA) is 24.5 Å². The largest absolute Gasteiger partial charge is 0.496 e. The number of benzene rings is 1. The number of anilines is 1. The van der Waals surface area contributed by atoms with Gasteiger partial charge in [0.15, 0.2) is 0 Å². The molecule has 19 heavy (non-hydrogen) atoms. The number of rotatable bonds is 4. The van der Waals surface area contributed by atoms with Crippen molar-refractivity contribution in [1.82, 2.24) is 5.32 Å². The van der Waals surface area contributed by atoms with Crippen LogP contribution in [0.1, 0.15) is 44.2 Å². The van der Waals surface area contributed by atoms with E-state index in [0.29, 0.717) is 6.04 Å². The van der Waals surface area contributed by atoms with Gasteiger partial charge in [0, 0.05) is 30.4 Å². The molecule has 0 amide bonds. The van der Waals surface area contributed by atoms with E-state index in [1.54, 1.807) is 7.11 Å². The van der Waals surface area contributed by atoms with Crippen LogP contribution < -0.4 is 15.0 Å². The minimum absolute atomic E-state index is 0.300. The molecule has 0 bridgehead atoms. The molecule has 1 N–H and O–H groups in total. The molecule has 1 aliphatic rings. The Labute approximate surface area is 116 Å². The first-order valence-corrected chi connectivity index (χ1v) is 7.37. The van der Waals surface area contributed by atoms with Crippen molar-refractivity contribution in [3.05, 3.63) is 23.8 Å². The molecule has 0 saturated carbocycles. The van der Waals surface area contributed by atoms with Crippen LogP contribution in [-0.4, -0.2) is 27.2 Å². The Bertz CT molecular complexity index is 398. The van der Waals surface area contributed by atoms with Crippen molar-refractivity contribution >= 4 is 5.69 Å². The molecule has 1 atom stereocenters. The second kappa shape index (κ2) is 6.80. The Morgan fingerprint density at radius 3 is 2.42 bits per heavy atom. The van der Waals surface area contributed by atoms with Crippen LogP contribution in [0.15, 0.2) is 18.2 Å². The standard InChI is InChI=1S/C16H26N2O/c1-13(17-2)16-14(9-8-10-15(16)19-3)18-11-6-4-5-7-12-18/h8-10,13,17H,4-7,11-12H2,1-3H3. The Hall–Kier alpha value is -1.22. The highest BCUT2D eigenvalue weighted by molar-refractivity contribution is 5.61. The molecular formula is C16H26N2O. The molecule has 1 aliphatic heterocycles. The molecule has 1 aromatic carbocycles. The summed E-state index contributed by atoms with van der Waals surface area (Å²) in [6, 6.07) is 6.70. The molecule has 1 saturated heterocycles. The van der Waals surface area contributed by atoms with Gasteiger partial charge in [0.2, 0.25) is 0 Å². The monoisotopic (exact) mass is 262 g/mol. The van der Waals surface area contributed by atoms with Crippen LogP contribution in [0.5, 0.6) is 5.75 Å². The molecule has 1 aromatic rings. The molecule has 3 heteroatoms. The fourth-order valence-corrected chi connectivity index (χ4v) is 2.88. The third-order valence-corrected chi connectivity index (χ3v) is 4.08. The molecule has 0 radical (unpaired) electrons. The average molecular weight is 262 g/mol. The van der Waals surface area contributed by atoms with Crippen molar-refractivity contribution in [2.45, 2.75) is 38.6 Å². The van der Waals surface area contributed by atoms with Gasteiger partial charge in [0.1, 0.15) is 5.75 Å². The smallest absolute Gasteiger partial charge is 0.125 e. The summed E-state index contributed by atoms with van der Waals surface area (Å²) in [4.78, 5) is 2.53. The van der Waals surface area contributed by atoms with Crippen LogP contribution >= 0.6 is 0 Å². The van der Waals surface area contributed by atoms with Gasteiger partial charge in [0.05, 0.1) is 7.11 Å². The quantitative estimate of drug-likeness (QED) is 0.900. The number of hydrogen-bond donors (Lipinski definition) is 1. The van der Waals surface area contributed by atoms with Gasteiger partial charge in [-0.15, -0.1) is 0 Å². The number of methoxy groups -OCH3 is 1. The highest BCUT2D eigenvalue weighted by Gasteiger charge is 2.19. The van der Waals surface area contributed by atoms with E-state index in [4.69, 9.17) is 4.74 Å². The van der Waals surface area contributed by atoms with Crippen LogP contribution in [-0.2, 0) is 0 Å². The number of hydrogen-bond acceptors (Lipinski definition) is 3. The summed E-state index contributed by atoms with van der Waals surface area (Å²) in [6.45, 7) is 4.52. The molecule has 2 rings (SSSR count). The summed E-state index contributed by atoms with van der Waals surface area (Å²) in [5, 5.41) is 3.34. The summed E-state index contributed by atoms with van der Waals surface area (Å²) in [5.41, 5.74) is 2.62. The van der Waals surface area contributed by atoms with Crippen LogP contribution in [0, 0.1) is 0 Å². The van der Waals surface area contributed by atoms with Crippen LogP contribution in [0.4, 0.5) is 5.69 Å². The predicted octanol–water partition coefficient (Wildman–Crippen LogP) is 3.36. The Balaban J connectivity index is 2.37. The van der Waals surface area contributed by atoms with E-state index in [1.807, 2.05) is 7.05 Å². The predicted molar refractivity (Wildman–Crippen MR) is 81.1 cm³/mol. The van der Waals surface area contributed by atoms with E-state index >= 15 is 0 Å². The lowest BCUT2D eigenvalue weighted by Gasteiger charge is -2.28. The maximum atomic E-state index is 5.56. The van der Waals surface area contributed by atoms with Gasteiger partial charge in [-0.25, -0.2) is 0 Å². The molecule has 0 spiro atoms. The fraction of sp³-hybridized carbons (Fsp3) is 0.625. The highest BCUT2D eigenvalue weighted by atomic mass is 16.5. The van der Waals surface area contributed by atoms with Gasteiger partial charge in [0.25, 0.3) is 0 Å². The fourth-order valence-electron chi connectivity index (χ4n) is 2.88. The minimum Gasteiger partial charge on any atom is -0.496 e. The maximum Gasteiger partial charge on any atom is 0.125 e. The van der Waals surface area contributed by atoms with Crippen molar-refractivity contribution in [1.29, 1.82) is 0 Å². The zero-order valence-electron chi connectivity index (χ0n) is 12.4. The van der Waals surface area contributed by atoms with Crippen LogP contribution in [0.2, 0.25) is 0 Å². The number of nitrogens with zero attached hydrogens (tertiary/aromatic N) is 1. The molecule has 1 unspecified atom stereocenters. The van der Waals surface area contributed by atoms with E-state index in [1.165, 1.54) is 36.9 Å². The lowest BCUT2D eigenvalue weighted by Crippen LogP contribution is -2.27. The van der Waals surface area contributed by atoms with Crippen molar-refractivity contribution in [3.63, 3.8) is 0 Å². The lowest BCUT2D eigenvalue weighted by atomic mass is 10.0. The van der Waals surface area contributed by atoms with E-state index < -0.39 is 0 Å². The minimum atomic E-state index is 0.300. The Morgan fingerprint density at radius 2 is 1.84 bits per heavy atom. The Kier molecular flexibility index (Phi) is 5.08. The highest BCUT2D eigenvalue weighted by Crippen LogP contribution is 2.35. The normalized spacial score (nSPS) is 17.9. The van der Waals surface area contributed by atoms with Gasteiger partial charge >= 0.3 is 0 Å². The third kappa shape index (κ3) is 3.21. The van der Waals surface area contributed by atoms with Gasteiger partial charge in [-0.05, 0) is 38.9 Å². The van der Waals surface area contributed by atoms with Crippen molar-refractivity contribution in [2.24, 2.45) is 0 Å². The SMILES string of the molecule is CNC(C)c1c(OC)cccc1N1CCCCCC1. The summed E-state index contributed by atoms with van der Waals surface area (Å²) in [5.74, 6) is 0.989. The van der Waals surface area contributed by atoms with E-state index in [2.05, 4.69) is 35.3 Å². The maximum absolute atomic E-state index is 5.56. The zero-order chi connectivity index (χ0) is 13.7. The molecular weight excluding hydrogens is 236 g/mol. The Morgan fingerprint density at radius 1 is 1.16 bits per heavy atom. The molecule has 1 heterocycles. The number of nitrogens with one attached hydrogen (secondary N) is 1. The molecule has 0 aliphatic carbocycles. The van der Waals surface area contributed by atoms with Gasteiger partial charge in [-0.2, -0.15) is 0 Å². The summed E-state index contributed by atoms with van der Waals surface area (Å²) in [7, 11) is 3.76. The molecule has 106 valence electrons. The lowest BCUT2D eigenvalue weighted by molar-refractivity contribution is 0.404. The zero-order valence-corrected chi connectivity index (χ0v) is 12.4. The second-order valence-electron chi connectivity index (χ2n) is 5.30. The van der Waals surface area contributed by atoms with Gasteiger partial charge in [-0.3, -0.25) is 0 Å². The second-order valence-corrected chi connectivity index (χ2v) is 5.30.